The van der Waals surface area contributed by atoms with E-state index in [9.17, 15) is 0 Å². The predicted octanol–water partition coefficient (Wildman–Crippen LogP) is 3.01. The third kappa shape index (κ3) is 3.98. The van der Waals surface area contributed by atoms with Crippen molar-refractivity contribution in [2.24, 2.45) is 0 Å². The lowest BCUT2D eigenvalue weighted by Gasteiger charge is -2.18. The molecule has 0 bridgehead atoms. The molecule has 0 radical (unpaired) electrons. The second-order valence-electron chi connectivity index (χ2n) is 4.63. The largest absolute Gasteiger partial charge is 0.497 e. The highest BCUT2D eigenvalue weighted by Crippen LogP contribution is 2.21. The number of ether oxygens (including phenoxy) is 1. The second-order valence-corrected chi connectivity index (χ2v) is 5.66. The third-order valence-corrected chi connectivity index (χ3v) is 4.05. The molecule has 0 saturated heterocycles. The number of methoxy groups -OCH3 is 1. The van der Waals surface area contributed by atoms with E-state index >= 15 is 0 Å². The zero-order valence-corrected chi connectivity index (χ0v) is 12.2. The van der Waals surface area contributed by atoms with E-state index in [-0.39, 0.29) is 0 Å². The molecule has 1 aromatic heterocycles. The maximum absolute atomic E-state index is 6.00. The average molecular weight is 276 g/mol. The number of rotatable bonds is 6. The van der Waals surface area contributed by atoms with E-state index in [4.69, 9.17) is 10.5 Å². The normalized spacial score (nSPS) is 10.9. The van der Waals surface area contributed by atoms with Crippen LogP contribution in [0.3, 0.4) is 0 Å². The van der Waals surface area contributed by atoms with Crippen LogP contribution in [0.4, 0.5) is 5.69 Å². The molecule has 0 atom stereocenters. The lowest BCUT2D eigenvalue weighted by molar-refractivity contribution is 0.331. The van der Waals surface area contributed by atoms with Crippen LogP contribution < -0.4 is 10.5 Å². The summed E-state index contributed by atoms with van der Waals surface area (Å²) < 4.78 is 5.24. The first-order chi connectivity index (χ1) is 9.19. The highest BCUT2D eigenvalue weighted by atomic mass is 32.1. The average Bonchev–Trinajstić information content (AvgIpc) is 2.92. The molecule has 0 spiro atoms. The van der Waals surface area contributed by atoms with Gasteiger partial charge in [-0.15, -0.1) is 11.3 Å². The minimum Gasteiger partial charge on any atom is -0.497 e. The first-order valence-electron chi connectivity index (χ1n) is 6.32. The lowest BCUT2D eigenvalue weighted by Crippen LogP contribution is -2.21. The van der Waals surface area contributed by atoms with E-state index in [2.05, 4.69) is 29.5 Å². The molecular weight excluding hydrogens is 256 g/mol. The number of hydrogen-bond acceptors (Lipinski definition) is 4. The highest BCUT2D eigenvalue weighted by Gasteiger charge is 2.06. The third-order valence-electron chi connectivity index (χ3n) is 3.11. The summed E-state index contributed by atoms with van der Waals surface area (Å²) in [5.74, 6) is 0.857. The molecule has 3 nitrogen and oxygen atoms in total. The molecule has 2 N–H and O–H groups in total. The summed E-state index contributed by atoms with van der Waals surface area (Å²) in [6.07, 6.45) is 1.08. The van der Waals surface area contributed by atoms with Gasteiger partial charge in [-0.05, 0) is 48.7 Å². The molecule has 0 unspecified atom stereocenters. The van der Waals surface area contributed by atoms with Crippen molar-refractivity contribution in [3.05, 3.63) is 46.2 Å². The molecule has 0 aliphatic rings. The molecular formula is C15H20N2OS. The van der Waals surface area contributed by atoms with Crippen molar-refractivity contribution in [2.45, 2.75) is 13.0 Å². The summed E-state index contributed by atoms with van der Waals surface area (Å²) in [5, 5.41) is 2.12. The van der Waals surface area contributed by atoms with Gasteiger partial charge in [0.25, 0.3) is 0 Å². The smallest absolute Gasteiger partial charge is 0.119 e. The van der Waals surface area contributed by atoms with Crippen LogP contribution >= 0.6 is 11.3 Å². The number of anilines is 1. The summed E-state index contributed by atoms with van der Waals surface area (Å²) in [5.41, 5.74) is 7.94. The Kier molecular flexibility index (Phi) is 4.82. The minimum atomic E-state index is 0.823. The molecule has 0 fully saturated rings. The van der Waals surface area contributed by atoms with Gasteiger partial charge < -0.3 is 15.4 Å². The predicted molar refractivity (Wildman–Crippen MR) is 81.8 cm³/mol. The number of nitrogens with zero attached hydrogens (tertiary/aromatic N) is 1. The van der Waals surface area contributed by atoms with Gasteiger partial charge in [0.1, 0.15) is 5.75 Å². The standard InChI is InChI=1S/C15H20N2OS/c1-17(8-7-14-4-3-9-19-14)11-12-10-13(18-2)5-6-15(12)16/h3-6,9-10H,7-8,11,16H2,1-2H3. The summed E-state index contributed by atoms with van der Waals surface area (Å²) >= 11 is 1.81. The van der Waals surface area contributed by atoms with Gasteiger partial charge in [0.2, 0.25) is 0 Å². The Labute approximate surface area is 118 Å². The maximum atomic E-state index is 6.00. The van der Waals surface area contributed by atoms with Crippen LogP contribution in [0.25, 0.3) is 0 Å². The molecule has 1 aromatic carbocycles. The van der Waals surface area contributed by atoms with E-state index in [1.54, 1.807) is 7.11 Å². The molecule has 19 heavy (non-hydrogen) atoms. The molecule has 0 amide bonds. The van der Waals surface area contributed by atoms with Crippen LogP contribution in [0, 0.1) is 0 Å². The number of nitrogen functional groups attached to an aromatic ring is 1. The Morgan fingerprint density at radius 1 is 1.32 bits per heavy atom. The minimum absolute atomic E-state index is 0.823. The van der Waals surface area contributed by atoms with Crippen LogP contribution in [-0.4, -0.2) is 25.6 Å². The molecule has 102 valence electrons. The van der Waals surface area contributed by atoms with Crippen molar-refractivity contribution in [3.63, 3.8) is 0 Å². The fourth-order valence-corrected chi connectivity index (χ4v) is 2.67. The van der Waals surface area contributed by atoms with Crippen LogP contribution in [0.2, 0.25) is 0 Å². The Morgan fingerprint density at radius 2 is 2.16 bits per heavy atom. The van der Waals surface area contributed by atoms with Gasteiger partial charge in [0, 0.05) is 23.7 Å². The van der Waals surface area contributed by atoms with Gasteiger partial charge in [-0.2, -0.15) is 0 Å². The summed E-state index contributed by atoms with van der Waals surface area (Å²) in [6, 6.07) is 10.1. The van der Waals surface area contributed by atoms with E-state index in [1.165, 1.54) is 4.88 Å². The monoisotopic (exact) mass is 276 g/mol. The van der Waals surface area contributed by atoms with Crippen LogP contribution in [-0.2, 0) is 13.0 Å². The van der Waals surface area contributed by atoms with E-state index in [0.29, 0.717) is 0 Å². The van der Waals surface area contributed by atoms with Gasteiger partial charge in [0.15, 0.2) is 0 Å². The Bertz CT molecular complexity index is 511. The fourth-order valence-electron chi connectivity index (χ4n) is 1.97. The summed E-state index contributed by atoms with van der Waals surface area (Å²) in [4.78, 5) is 3.70. The van der Waals surface area contributed by atoms with Crippen molar-refractivity contribution >= 4 is 17.0 Å². The molecule has 2 aromatic rings. The zero-order valence-electron chi connectivity index (χ0n) is 11.4. The molecule has 4 heteroatoms. The van der Waals surface area contributed by atoms with Crippen molar-refractivity contribution in [1.29, 1.82) is 0 Å². The Hall–Kier alpha value is -1.52. The highest BCUT2D eigenvalue weighted by molar-refractivity contribution is 7.09. The number of hydrogen-bond donors (Lipinski definition) is 1. The second kappa shape index (κ2) is 6.59. The number of benzene rings is 1. The molecule has 1 heterocycles. The van der Waals surface area contributed by atoms with Gasteiger partial charge in [0.05, 0.1) is 7.11 Å². The molecule has 0 saturated carbocycles. The molecule has 2 rings (SSSR count). The first-order valence-corrected chi connectivity index (χ1v) is 7.20. The van der Waals surface area contributed by atoms with Crippen molar-refractivity contribution in [1.82, 2.24) is 4.90 Å². The fraction of sp³-hybridized carbons (Fsp3) is 0.333. The summed E-state index contributed by atoms with van der Waals surface area (Å²) in [7, 11) is 3.79. The quantitative estimate of drug-likeness (QED) is 0.824. The van der Waals surface area contributed by atoms with Gasteiger partial charge >= 0.3 is 0 Å². The van der Waals surface area contributed by atoms with Gasteiger partial charge in [-0.1, -0.05) is 6.07 Å². The zero-order chi connectivity index (χ0) is 13.7. The van der Waals surface area contributed by atoms with Crippen molar-refractivity contribution < 1.29 is 4.74 Å². The van der Waals surface area contributed by atoms with Crippen LogP contribution in [0.5, 0.6) is 5.75 Å². The topological polar surface area (TPSA) is 38.5 Å². The summed E-state index contributed by atoms with van der Waals surface area (Å²) in [6.45, 7) is 1.87. The van der Waals surface area contributed by atoms with Crippen LogP contribution in [0.1, 0.15) is 10.4 Å². The molecule has 0 aliphatic heterocycles. The van der Waals surface area contributed by atoms with Crippen molar-refractivity contribution in [3.8, 4) is 5.75 Å². The molecule has 0 aliphatic carbocycles. The number of nitrogens with two attached hydrogens (primary N) is 1. The van der Waals surface area contributed by atoms with Crippen LogP contribution in [0.15, 0.2) is 35.7 Å². The number of likely N-dealkylation sites (N-methyl/N-ethyl adjacent to an activating group) is 1. The maximum Gasteiger partial charge on any atom is 0.119 e. The Morgan fingerprint density at radius 3 is 2.84 bits per heavy atom. The van der Waals surface area contributed by atoms with Crippen molar-refractivity contribution in [2.75, 3.05) is 26.4 Å². The van der Waals surface area contributed by atoms with E-state index in [1.807, 2.05) is 29.5 Å². The van der Waals surface area contributed by atoms with Gasteiger partial charge in [-0.25, -0.2) is 0 Å². The first kappa shape index (κ1) is 13.9. The van der Waals surface area contributed by atoms with E-state index in [0.717, 1.165) is 36.5 Å². The number of thiophene rings is 1. The lowest BCUT2D eigenvalue weighted by atomic mass is 10.1. The Balaban J connectivity index is 1.92. The SMILES string of the molecule is COc1ccc(N)c(CN(C)CCc2cccs2)c1. The van der Waals surface area contributed by atoms with E-state index < -0.39 is 0 Å². The van der Waals surface area contributed by atoms with Gasteiger partial charge in [-0.3, -0.25) is 0 Å².